The number of rotatable bonds is 1. The van der Waals surface area contributed by atoms with E-state index in [1.807, 2.05) is 12.2 Å². The molecule has 1 aromatic heterocycles. The maximum absolute atomic E-state index is 12.6. The molecule has 2 aromatic rings. The van der Waals surface area contributed by atoms with E-state index in [1.165, 1.54) is 4.90 Å². The zero-order chi connectivity index (χ0) is 14.1. The first kappa shape index (κ1) is 11.2. The number of nitrogens with one attached hydrogen (secondary N) is 1. The quantitative estimate of drug-likeness (QED) is 0.604. The lowest BCUT2D eigenvalue weighted by molar-refractivity contribution is -0.124. The van der Waals surface area contributed by atoms with E-state index in [0.29, 0.717) is 16.7 Å². The number of aromatic nitrogens is 3. The fourth-order valence-electron chi connectivity index (χ4n) is 3.53. The topological polar surface area (TPSA) is 88.2 Å². The van der Waals surface area contributed by atoms with Crippen LogP contribution in [0.4, 0.5) is 5.69 Å². The van der Waals surface area contributed by atoms with Gasteiger partial charge in [0.2, 0.25) is 11.8 Å². The maximum Gasteiger partial charge on any atom is 0.240 e. The second-order valence-electron chi connectivity index (χ2n) is 5.51. The van der Waals surface area contributed by atoms with Crippen LogP contribution in [0.15, 0.2) is 30.4 Å². The van der Waals surface area contributed by atoms with Gasteiger partial charge < -0.3 is 4.74 Å². The number of aromatic amines is 1. The molecule has 0 spiro atoms. The lowest BCUT2D eigenvalue weighted by atomic mass is 9.85. The van der Waals surface area contributed by atoms with Gasteiger partial charge in [-0.15, -0.1) is 0 Å². The second kappa shape index (κ2) is 3.56. The van der Waals surface area contributed by atoms with Gasteiger partial charge in [-0.3, -0.25) is 9.59 Å². The van der Waals surface area contributed by atoms with Gasteiger partial charge in [-0.25, -0.2) is 4.90 Å². The highest BCUT2D eigenvalue weighted by Gasteiger charge is 2.61. The number of ether oxygens (including phenoxy) is 1. The first-order valence-corrected chi connectivity index (χ1v) is 6.76. The summed E-state index contributed by atoms with van der Waals surface area (Å²) in [5.74, 6) is -1.16. The minimum absolute atomic E-state index is 0.190. The number of anilines is 1. The smallest absolute Gasteiger partial charge is 0.240 e. The highest BCUT2D eigenvalue weighted by molar-refractivity contribution is 6.23. The van der Waals surface area contributed by atoms with Crippen molar-refractivity contribution in [3.05, 3.63) is 30.4 Å². The third-order valence-electron chi connectivity index (χ3n) is 4.47. The fraction of sp³-hybridized carbons (Fsp3) is 0.286. The standard InChI is InChI=1S/C14H10N4O3/c19-13-11-9-3-4-10(21-9)12(11)14(20)18(13)6-1-2-7-8(5-6)16-17-15-7/h1-5,9-12H,(H,15,16,17)/t9-,10+,11-,12+. The van der Waals surface area contributed by atoms with Gasteiger partial charge in [0.15, 0.2) is 0 Å². The third-order valence-corrected chi connectivity index (χ3v) is 4.47. The van der Waals surface area contributed by atoms with E-state index in [0.717, 1.165) is 0 Å². The molecule has 0 saturated carbocycles. The van der Waals surface area contributed by atoms with Crippen LogP contribution >= 0.6 is 0 Å². The molecule has 2 bridgehead atoms. The number of amides is 2. The van der Waals surface area contributed by atoms with Crippen LogP contribution in [0, 0.1) is 11.8 Å². The van der Waals surface area contributed by atoms with Crippen molar-refractivity contribution in [1.82, 2.24) is 15.4 Å². The molecule has 1 N–H and O–H groups in total. The first-order valence-electron chi connectivity index (χ1n) is 6.76. The van der Waals surface area contributed by atoms with Crippen molar-refractivity contribution in [3.63, 3.8) is 0 Å². The Morgan fingerprint density at radius 2 is 1.67 bits per heavy atom. The van der Waals surface area contributed by atoms with Gasteiger partial charge in [-0.05, 0) is 18.2 Å². The van der Waals surface area contributed by atoms with Gasteiger partial charge in [0.1, 0.15) is 11.0 Å². The number of hydrogen-bond acceptors (Lipinski definition) is 5. The molecular formula is C14H10N4O3. The van der Waals surface area contributed by atoms with Crippen molar-refractivity contribution >= 4 is 28.5 Å². The molecule has 0 unspecified atom stereocenters. The molecule has 2 saturated heterocycles. The molecule has 3 aliphatic rings. The zero-order valence-corrected chi connectivity index (χ0v) is 10.8. The highest BCUT2D eigenvalue weighted by atomic mass is 16.5. The number of imide groups is 1. The summed E-state index contributed by atoms with van der Waals surface area (Å²) in [5, 5.41) is 10.5. The molecule has 4 heterocycles. The Hall–Kier alpha value is -2.54. The van der Waals surface area contributed by atoms with Crippen LogP contribution < -0.4 is 4.90 Å². The van der Waals surface area contributed by atoms with Crippen LogP contribution in [-0.2, 0) is 14.3 Å². The molecule has 7 nitrogen and oxygen atoms in total. The van der Waals surface area contributed by atoms with Crippen LogP contribution in [0.2, 0.25) is 0 Å². The summed E-state index contributed by atoms with van der Waals surface area (Å²) >= 11 is 0. The van der Waals surface area contributed by atoms with Gasteiger partial charge in [0.25, 0.3) is 0 Å². The number of carbonyl (C=O) groups excluding carboxylic acids is 2. The van der Waals surface area contributed by atoms with Gasteiger partial charge in [0, 0.05) is 0 Å². The number of hydrogen-bond donors (Lipinski definition) is 1. The Bertz CT molecular complexity index is 796. The summed E-state index contributed by atoms with van der Waals surface area (Å²) in [5.41, 5.74) is 1.87. The average molecular weight is 282 g/mol. The lowest BCUT2D eigenvalue weighted by Crippen LogP contribution is -2.34. The van der Waals surface area contributed by atoms with E-state index in [2.05, 4.69) is 15.4 Å². The maximum atomic E-state index is 12.6. The van der Waals surface area contributed by atoms with Crippen molar-refractivity contribution in [2.24, 2.45) is 11.8 Å². The Morgan fingerprint density at radius 3 is 2.38 bits per heavy atom. The molecule has 4 atom stereocenters. The summed E-state index contributed by atoms with van der Waals surface area (Å²) in [6.07, 6.45) is 3.22. The van der Waals surface area contributed by atoms with E-state index < -0.39 is 0 Å². The van der Waals surface area contributed by atoms with Crippen molar-refractivity contribution in [3.8, 4) is 0 Å². The van der Waals surface area contributed by atoms with Crippen molar-refractivity contribution in [2.45, 2.75) is 12.2 Å². The highest BCUT2D eigenvalue weighted by Crippen LogP contribution is 2.46. The number of nitrogens with zero attached hydrogens (tertiary/aromatic N) is 3. The zero-order valence-electron chi connectivity index (χ0n) is 10.8. The summed E-state index contributed by atoms with van der Waals surface area (Å²) < 4.78 is 5.62. The van der Waals surface area contributed by atoms with Crippen LogP contribution in [0.3, 0.4) is 0 Å². The third kappa shape index (κ3) is 1.26. The van der Waals surface area contributed by atoms with Crippen molar-refractivity contribution < 1.29 is 14.3 Å². The average Bonchev–Trinajstić information content (AvgIpc) is 3.22. The Balaban J connectivity index is 1.61. The van der Waals surface area contributed by atoms with Gasteiger partial charge in [-0.1, -0.05) is 12.2 Å². The lowest BCUT2D eigenvalue weighted by Gasteiger charge is -2.17. The summed E-state index contributed by atoms with van der Waals surface area (Å²) in [4.78, 5) is 26.5. The molecule has 3 aliphatic heterocycles. The summed E-state index contributed by atoms with van der Waals surface area (Å²) in [6, 6.07) is 5.16. The van der Waals surface area contributed by atoms with E-state index in [9.17, 15) is 9.59 Å². The summed E-state index contributed by atoms with van der Waals surface area (Å²) in [7, 11) is 0. The fourth-order valence-corrected chi connectivity index (χ4v) is 3.53. The molecule has 1 aromatic carbocycles. The van der Waals surface area contributed by atoms with Gasteiger partial charge >= 0.3 is 0 Å². The van der Waals surface area contributed by atoms with Crippen LogP contribution in [0.25, 0.3) is 11.0 Å². The molecular weight excluding hydrogens is 272 g/mol. The van der Waals surface area contributed by atoms with Crippen molar-refractivity contribution in [1.29, 1.82) is 0 Å². The minimum atomic E-state index is -0.388. The van der Waals surface area contributed by atoms with E-state index in [4.69, 9.17) is 4.74 Å². The molecule has 2 amide bonds. The van der Waals surface area contributed by atoms with E-state index in [1.54, 1.807) is 18.2 Å². The molecule has 0 aliphatic carbocycles. The monoisotopic (exact) mass is 282 g/mol. The predicted octanol–water partition coefficient (Wildman–Crippen LogP) is 0.401. The Morgan fingerprint density at radius 1 is 1.00 bits per heavy atom. The number of H-pyrrole nitrogens is 1. The minimum Gasteiger partial charge on any atom is -0.365 e. The van der Waals surface area contributed by atoms with Gasteiger partial charge in [0.05, 0.1) is 29.7 Å². The second-order valence-corrected chi connectivity index (χ2v) is 5.51. The molecule has 2 fully saturated rings. The number of benzene rings is 1. The van der Waals surface area contributed by atoms with Crippen molar-refractivity contribution in [2.75, 3.05) is 4.90 Å². The van der Waals surface area contributed by atoms with Gasteiger partial charge in [-0.2, -0.15) is 15.4 Å². The predicted molar refractivity (Wildman–Crippen MR) is 71.2 cm³/mol. The van der Waals surface area contributed by atoms with Crippen LogP contribution in [0.1, 0.15) is 0 Å². The molecule has 0 radical (unpaired) electrons. The van der Waals surface area contributed by atoms with Crippen LogP contribution in [0.5, 0.6) is 0 Å². The summed E-state index contributed by atoms with van der Waals surface area (Å²) in [6.45, 7) is 0. The molecule has 104 valence electrons. The van der Waals surface area contributed by atoms with E-state index >= 15 is 0 Å². The van der Waals surface area contributed by atoms with Crippen LogP contribution in [-0.4, -0.2) is 39.4 Å². The van der Waals surface area contributed by atoms with E-state index in [-0.39, 0.29) is 35.9 Å². The molecule has 21 heavy (non-hydrogen) atoms. The molecule has 7 heteroatoms. The largest absolute Gasteiger partial charge is 0.365 e. The normalized spacial score (nSPS) is 33.4. The number of carbonyl (C=O) groups is 2. The molecule has 5 rings (SSSR count). The first-order chi connectivity index (χ1) is 10.2. The SMILES string of the molecule is O=C1[C@@H]2[C@H](C(=O)N1c1ccc3n[nH]nc3c1)[C@H]1C=C[C@@H]2O1. The Labute approximate surface area is 118 Å². The number of fused-ring (bicyclic) bond motifs is 6. The Kier molecular flexibility index (Phi) is 1.89.